The van der Waals surface area contributed by atoms with E-state index in [4.69, 9.17) is 0 Å². The Morgan fingerprint density at radius 2 is 1.15 bits per heavy atom. The zero-order valence-electron chi connectivity index (χ0n) is 14.9. The number of nitrogens with one attached hydrogen (secondary N) is 1. The lowest BCUT2D eigenvalue weighted by Crippen LogP contribution is -2.27. The summed E-state index contributed by atoms with van der Waals surface area (Å²) in [5.74, 6) is 0.804. The first-order valence-electron chi connectivity index (χ1n) is 8.78. The molecule has 0 aliphatic rings. The minimum atomic E-state index is -0.349. The third kappa shape index (κ3) is 3.83. The Bertz CT molecular complexity index is 722. The first-order chi connectivity index (χ1) is 12.8. The summed E-state index contributed by atoms with van der Waals surface area (Å²) in [4.78, 5) is 11.8. The largest absolute Gasteiger partial charge is 0.359 e. The van der Waals surface area contributed by atoms with E-state index >= 15 is 0 Å². The van der Waals surface area contributed by atoms with Crippen LogP contribution >= 0.6 is 11.8 Å². The van der Waals surface area contributed by atoms with Gasteiger partial charge in [0.25, 0.3) is 0 Å². The van der Waals surface area contributed by atoms with Gasteiger partial charge in [0.1, 0.15) is 0 Å². The van der Waals surface area contributed by atoms with Crippen molar-refractivity contribution >= 4 is 17.7 Å². The number of benzene rings is 3. The van der Waals surface area contributed by atoms with Crippen LogP contribution in [-0.2, 0) is 9.54 Å². The van der Waals surface area contributed by atoms with Crippen LogP contribution in [-0.4, -0.2) is 18.7 Å². The minimum Gasteiger partial charge on any atom is -0.359 e. The molecule has 0 spiro atoms. The van der Waals surface area contributed by atoms with Gasteiger partial charge in [-0.15, -0.1) is 11.8 Å². The van der Waals surface area contributed by atoms with Crippen molar-refractivity contribution in [2.75, 3.05) is 12.8 Å². The van der Waals surface area contributed by atoms with Crippen molar-refractivity contribution in [1.82, 2.24) is 5.32 Å². The number of carbonyl (C=O) groups is 1. The van der Waals surface area contributed by atoms with E-state index in [1.54, 1.807) is 7.05 Å². The van der Waals surface area contributed by atoms with E-state index in [1.807, 2.05) is 30.0 Å². The monoisotopic (exact) mass is 361 g/mol. The molecule has 0 aliphatic carbocycles. The normalized spacial score (nSPS) is 11.1. The number of carbonyl (C=O) groups excluding carboxylic acids is 1. The SMILES string of the molecule is CNC(=O)CCSC(c1ccccc1)(c1ccccc1)c1ccccc1. The molecule has 1 amide bonds. The average molecular weight is 362 g/mol. The van der Waals surface area contributed by atoms with Gasteiger partial charge in [-0.1, -0.05) is 91.0 Å². The highest BCUT2D eigenvalue weighted by Gasteiger charge is 2.36. The molecule has 3 aromatic carbocycles. The molecule has 0 atom stereocenters. The number of thioether (sulfide) groups is 1. The fraction of sp³-hybridized carbons (Fsp3) is 0.174. The molecule has 3 aromatic rings. The van der Waals surface area contributed by atoms with Crippen molar-refractivity contribution in [1.29, 1.82) is 0 Å². The van der Waals surface area contributed by atoms with Crippen molar-refractivity contribution < 1.29 is 4.79 Å². The third-order valence-corrected chi connectivity index (χ3v) is 6.02. The molecule has 1 N–H and O–H groups in total. The second kappa shape index (κ2) is 8.72. The van der Waals surface area contributed by atoms with E-state index in [0.717, 1.165) is 5.75 Å². The van der Waals surface area contributed by atoms with Gasteiger partial charge in [0.15, 0.2) is 0 Å². The van der Waals surface area contributed by atoms with Crippen LogP contribution in [0.15, 0.2) is 91.0 Å². The summed E-state index contributed by atoms with van der Waals surface area (Å²) >= 11 is 1.81. The van der Waals surface area contributed by atoms with Gasteiger partial charge in [-0.2, -0.15) is 0 Å². The number of hydrogen-bond donors (Lipinski definition) is 1. The summed E-state index contributed by atoms with van der Waals surface area (Å²) in [6.45, 7) is 0. The van der Waals surface area contributed by atoms with Gasteiger partial charge in [0.05, 0.1) is 4.75 Å². The van der Waals surface area contributed by atoms with E-state index in [2.05, 4.69) is 78.1 Å². The van der Waals surface area contributed by atoms with Gasteiger partial charge in [-0.25, -0.2) is 0 Å². The van der Waals surface area contributed by atoms with Crippen molar-refractivity contribution in [3.8, 4) is 0 Å². The molecule has 26 heavy (non-hydrogen) atoms. The Labute approximate surface area is 159 Å². The first kappa shape index (κ1) is 18.3. The van der Waals surface area contributed by atoms with Gasteiger partial charge in [0, 0.05) is 19.2 Å². The molecule has 0 fully saturated rings. The molecule has 0 unspecified atom stereocenters. The van der Waals surface area contributed by atoms with Crippen LogP contribution in [0.1, 0.15) is 23.1 Å². The zero-order valence-corrected chi connectivity index (χ0v) is 15.7. The predicted octanol–water partition coefficient (Wildman–Crippen LogP) is 4.85. The van der Waals surface area contributed by atoms with Crippen LogP contribution in [0, 0.1) is 0 Å². The number of hydrogen-bond acceptors (Lipinski definition) is 2. The highest BCUT2D eigenvalue weighted by molar-refractivity contribution is 8.00. The van der Waals surface area contributed by atoms with Crippen LogP contribution in [0.2, 0.25) is 0 Å². The average Bonchev–Trinajstić information content (AvgIpc) is 2.73. The summed E-state index contributed by atoms with van der Waals surface area (Å²) in [5.41, 5.74) is 3.66. The summed E-state index contributed by atoms with van der Waals surface area (Å²) in [7, 11) is 1.69. The molecule has 0 aromatic heterocycles. The zero-order chi connectivity index (χ0) is 18.2. The molecule has 0 aliphatic heterocycles. The van der Waals surface area contributed by atoms with Crippen LogP contribution < -0.4 is 5.32 Å². The van der Waals surface area contributed by atoms with Gasteiger partial charge in [0.2, 0.25) is 5.91 Å². The fourth-order valence-corrected chi connectivity index (χ4v) is 4.69. The lowest BCUT2D eigenvalue weighted by Gasteiger charge is -2.35. The Hall–Kier alpha value is -2.52. The van der Waals surface area contributed by atoms with Crippen molar-refractivity contribution in [2.45, 2.75) is 11.2 Å². The standard InChI is InChI=1S/C23H23NOS/c1-24-22(25)17-18-26-23(19-11-5-2-6-12-19,20-13-7-3-8-14-20)21-15-9-4-10-16-21/h2-16H,17-18H2,1H3,(H,24,25). The number of rotatable bonds is 7. The summed E-state index contributed by atoms with van der Waals surface area (Å²) in [6.07, 6.45) is 0.495. The Kier molecular flexibility index (Phi) is 6.13. The Balaban J connectivity index is 2.13. The summed E-state index contributed by atoms with van der Waals surface area (Å²) in [6, 6.07) is 31.6. The van der Waals surface area contributed by atoms with E-state index in [1.165, 1.54) is 16.7 Å². The molecule has 0 saturated heterocycles. The predicted molar refractivity (Wildman–Crippen MR) is 110 cm³/mol. The Morgan fingerprint density at radius 3 is 1.50 bits per heavy atom. The van der Waals surface area contributed by atoms with Gasteiger partial charge < -0.3 is 5.32 Å². The molecule has 3 heteroatoms. The van der Waals surface area contributed by atoms with Crippen LogP contribution in [0.3, 0.4) is 0 Å². The fourth-order valence-electron chi connectivity index (χ4n) is 3.19. The summed E-state index contributed by atoms with van der Waals surface area (Å²) < 4.78 is -0.349. The molecule has 0 bridgehead atoms. The molecular weight excluding hydrogens is 338 g/mol. The van der Waals surface area contributed by atoms with Gasteiger partial charge >= 0.3 is 0 Å². The highest BCUT2D eigenvalue weighted by atomic mass is 32.2. The second-order valence-electron chi connectivity index (χ2n) is 6.05. The van der Waals surface area contributed by atoms with Crippen LogP contribution in [0.25, 0.3) is 0 Å². The maximum Gasteiger partial charge on any atom is 0.220 e. The maximum absolute atomic E-state index is 11.8. The smallest absolute Gasteiger partial charge is 0.220 e. The molecule has 3 rings (SSSR count). The lowest BCUT2D eigenvalue weighted by molar-refractivity contribution is -0.120. The van der Waals surface area contributed by atoms with E-state index in [9.17, 15) is 4.79 Å². The van der Waals surface area contributed by atoms with Crippen molar-refractivity contribution in [2.24, 2.45) is 0 Å². The van der Waals surface area contributed by atoms with E-state index in [0.29, 0.717) is 6.42 Å². The van der Waals surface area contributed by atoms with Crippen LogP contribution in [0.5, 0.6) is 0 Å². The van der Waals surface area contributed by atoms with E-state index in [-0.39, 0.29) is 10.7 Å². The molecule has 2 nitrogen and oxygen atoms in total. The van der Waals surface area contributed by atoms with E-state index < -0.39 is 0 Å². The highest BCUT2D eigenvalue weighted by Crippen LogP contribution is 2.48. The van der Waals surface area contributed by atoms with Crippen LogP contribution in [0.4, 0.5) is 0 Å². The minimum absolute atomic E-state index is 0.0700. The molecule has 132 valence electrons. The maximum atomic E-state index is 11.8. The van der Waals surface area contributed by atoms with Crippen molar-refractivity contribution in [3.05, 3.63) is 108 Å². The van der Waals surface area contributed by atoms with Gasteiger partial charge in [-0.05, 0) is 16.7 Å². The molecule has 0 heterocycles. The first-order valence-corrected chi connectivity index (χ1v) is 9.77. The second-order valence-corrected chi connectivity index (χ2v) is 7.36. The number of amides is 1. The molecule has 0 saturated carbocycles. The Morgan fingerprint density at radius 1 is 0.769 bits per heavy atom. The summed E-state index contributed by atoms with van der Waals surface area (Å²) in [5, 5.41) is 2.72. The third-order valence-electron chi connectivity index (χ3n) is 4.47. The lowest BCUT2D eigenvalue weighted by atomic mass is 9.84. The quantitative estimate of drug-likeness (QED) is 0.610. The topological polar surface area (TPSA) is 29.1 Å². The van der Waals surface area contributed by atoms with Gasteiger partial charge in [-0.3, -0.25) is 4.79 Å². The van der Waals surface area contributed by atoms with Crippen molar-refractivity contribution in [3.63, 3.8) is 0 Å². The molecule has 0 radical (unpaired) electrons. The molecular formula is C23H23NOS.